The highest BCUT2D eigenvalue weighted by Crippen LogP contribution is 2.21. The van der Waals surface area contributed by atoms with Crippen molar-refractivity contribution in [2.24, 2.45) is 0 Å². The first-order valence-corrected chi connectivity index (χ1v) is 9.00. The summed E-state index contributed by atoms with van der Waals surface area (Å²) >= 11 is 0. The van der Waals surface area contributed by atoms with E-state index >= 15 is 0 Å². The Morgan fingerprint density at radius 1 is 0.963 bits per heavy atom. The van der Waals surface area contributed by atoms with E-state index in [1.165, 1.54) is 12.1 Å². The Bertz CT molecular complexity index is 886. The van der Waals surface area contributed by atoms with Crippen molar-refractivity contribution in [3.8, 4) is 0 Å². The van der Waals surface area contributed by atoms with Crippen molar-refractivity contribution >= 4 is 23.5 Å². The number of benzene rings is 2. The fourth-order valence-corrected chi connectivity index (χ4v) is 3.28. The quantitative estimate of drug-likeness (QED) is 0.866. The second kappa shape index (κ2) is 8.03. The third kappa shape index (κ3) is 4.34. The maximum absolute atomic E-state index is 12.8. The number of para-hydroxylation sites is 1. The first-order valence-electron chi connectivity index (χ1n) is 9.00. The molecule has 140 valence electrons. The number of amides is 2. The number of anilines is 1. The number of piperidine rings is 1. The molecule has 2 aromatic rings. The van der Waals surface area contributed by atoms with E-state index < -0.39 is 11.9 Å². The number of carboxylic acid groups (broad SMARTS) is 1. The van der Waals surface area contributed by atoms with Crippen LogP contribution in [0.5, 0.6) is 0 Å². The van der Waals surface area contributed by atoms with Crippen molar-refractivity contribution in [2.75, 3.05) is 18.4 Å². The van der Waals surface area contributed by atoms with E-state index in [1.807, 2.05) is 4.90 Å². The van der Waals surface area contributed by atoms with Gasteiger partial charge in [0.15, 0.2) is 0 Å². The van der Waals surface area contributed by atoms with Crippen LogP contribution in [0.4, 0.5) is 5.69 Å². The average Bonchev–Trinajstić information content (AvgIpc) is 2.68. The summed E-state index contributed by atoms with van der Waals surface area (Å²) < 4.78 is 0. The zero-order valence-corrected chi connectivity index (χ0v) is 15.2. The van der Waals surface area contributed by atoms with Crippen LogP contribution in [0, 0.1) is 6.92 Å². The molecule has 1 heterocycles. The minimum atomic E-state index is -1.09. The molecule has 1 saturated heterocycles. The molecular formula is C21H22N2O4. The molecule has 0 aliphatic carbocycles. The van der Waals surface area contributed by atoms with Crippen LogP contribution in [0.25, 0.3) is 0 Å². The lowest BCUT2D eigenvalue weighted by atomic mass is 10.0. The van der Waals surface area contributed by atoms with Gasteiger partial charge in [0.2, 0.25) is 0 Å². The van der Waals surface area contributed by atoms with Gasteiger partial charge in [0.05, 0.1) is 16.8 Å². The van der Waals surface area contributed by atoms with Crippen molar-refractivity contribution in [3.05, 3.63) is 64.7 Å². The Morgan fingerprint density at radius 2 is 1.63 bits per heavy atom. The number of carbonyl (C=O) groups is 3. The normalized spacial score (nSPS) is 13.9. The van der Waals surface area contributed by atoms with Crippen LogP contribution in [0.15, 0.2) is 42.5 Å². The number of carbonyl (C=O) groups excluding carboxylic acids is 2. The molecule has 0 unspecified atom stereocenters. The second-order valence-electron chi connectivity index (χ2n) is 6.75. The largest absolute Gasteiger partial charge is 0.478 e. The van der Waals surface area contributed by atoms with Gasteiger partial charge in [-0.2, -0.15) is 0 Å². The molecule has 0 spiro atoms. The topological polar surface area (TPSA) is 86.7 Å². The highest BCUT2D eigenvalue weighted by atomic mass is 16.4. The van der Waals surface area contributed by atoms with Gasteiger partial charge in [0, 0.05) is 18.7 Å². The van der Waals surface area contributed by atoms with Crippen molar-refractivity contribution < 1.29 is 19.5 Å². The van der Waals surface area contributed by atoms with Gasteiger partial charge < -0.3 is 15.3 Å². The maximum Gasteiger partial charge on any atom is 0.335 e. The van der Waals surface area contributed by atoms with Crippen LogP contribution < -0.4 is 5.32 Å². The van der Waals surface area contributed by atoms with Crippen molar-refractivity contribution in [1.29, 1.82) is 0 Å². The van der Waals surface area contributed by atoms with Gasteiger partial charge >= 0.3 is 5.97 Å². The average molecular weight is 366 g/mol. The number of aryl methyl sites for hydroxylation is 1. The zero-order valence-electron chi connectivity index (χ0n) is 15.2. The predicted octanol–water partition coefficient (Wildman–Crippen LogP) is 3.57. The molecule has 3 rings (SSSR count). The van der Waals surface area contributed by atoms with E-state index in [0.717, 1.165) is 32.4 Å². The van der Waals surface area contributed by atoms with E-state index in [1.54, 1.807) is 37.3 Å². The van der Waals surface area contributed by atoms with Crippen molar-refractivity contribution in [1.82, 2.24) is 4.90 Å². The minimum Gasteiger partial charge on any atom is -0.478 e. The summed E-state index contributed by atoms with van der Waals surface area (Å²) in [5.74, 6) is -1.63. The van der Waals surface area contributed by atoms with Crippen LogP contribution in [-0.4, -0.2) is 40.9 Å². The van der Waals surface area contributed by atoms with Crippen LogP contribution in [0.1, 0.15) is 55.9 Å². The molecule has 6 nitrogen and oxygen atoms in total. The summed E-state index contributed by atoms with van der Waals surface area (Å²) in [4.78, 5) is 38.5. The Labute approximate surface area is 157 Å². The molecule has 2 aromatic carbocycles. The monoisotopic (exact) mass is 366 g/mol. The third-order valence-corrected chi connectivity index (χ3v) is 4.64. The van der Waals surface area contributed by atoms with Gasteiger partial charge in [-0.25, -0.2) is 4.79 Å². The molecule has 27 heavy (non-hydrogen) atoms. The number of carboxylic acids is 1. The number of nitrogens with zero attached hydrogens (tertiary/aromatic N) is 1. The highest BCUT2D eigenvalue weighted by molar-refractivity contribution is 6.09. The number of nitrogens with one attached hydrogen (secondary N) is 1. The number of hydrogen-bond donors (Lipinski definition) is 2. The lowest BCUT2D eigenvalue weighted by Gasteiger charge is -2.27. The molecule has 1 aliphatic heterocycles. The molecule has 6 heteroatoms. The molecule has 2 N–H and O–H groups in total. The van der Waals surface area contributed by atoms with Crippen molar-refractivity contribution in [3.63, 3.8) is 0 Å². The number of aromatic carboxylic acids is 1. The van der Waals surface area contributed by atoms with Gasteiger partial charge in [-0.15, -0.1) is 0 Å². The summed E-state index contributed by atoms with van der Waals surface area (Å²) in [5.41, 5.74) is 1.85. The van der Waals surface area contributed by atoms with Crippen LogP contribution in [0.2, 0.25) is 0 Å². The molecule has 1 fully saturated rings. The standard InChI is InChI=1S/C21H22N2O4/c1-14-11-15(13-16(12-14)21(26)27)19(24)22-18-8-4-3-7-17(18)20(25)23-9-5-2-6-10-23/h3-4,7-8,11-13H,2,5-6,9-10H2,1H3,(H,22,24)(H,26,27). The number of likely N-dealkylation sites (tertiary alicyclic amines) is 1. The molecular weight excluding hydrogens is 344 g/mol. The van der Waals surface area contributed by atoms with Crippen LogP contribution in [0.3, 0.4) is 0 Å². The van der Waals surface area contributed by atoms with E-state index in [9.17, 15) is 19.5 Å². The van der Waals surface area contributed by atoms with Gasteiger partial charge in [0.1, 0.15) is 0 Å². The van der Waals surface area contributed by atoms with Gasteiger partial charge in [-0.05, 0) is 62.1 Å². The smallest absolute Gasteiger partial charge is 0.335 e. The predicted molar refractivity (Wildman–Crippen MR) is 102 cm³/mol. The summed E-state index contributed by atoms with van der Waals surface area (Å²) in [6.45, 7) is 3.18. The van der Waals surface area contributed by atoms with Crippen LogP contribution >= 0.6 is 0 Å². The van der Waals surface area contributed by atoms with E-state index in [-0.39, 0.29) is 17.0 Å². The summed E-state index contributed by atoms with van der Waals surface area (Å²) in [6, 6.07) is 11.4. The molecule has 0 aromatic heterocycles. The number of hydrogen-bond acceptors (Lipinski definition) is 3. The summed E-state index contributed by atoms with van der Waals surface area (Å²) in [5, 5.41) is 11.9. The first-order chi connectivity index (χ1) is 13.0. The first kappa shape index (κ1) is 18.6. The minimum absolute atomic E-state index is 0.0535. The van der Waals surface area contributed by atoms with Crippen molar-refractivity contribution in [2.45, 2.75) is 26.2 Å². The molecule has 0 atom stereocenters. The molecule has 0 radical (unpaired) electrons. The fourth-order valence-electron chi connectivity index (χ4n) is 3.28. The number of rotatable bonds is 4. The highest BCUT2D eigenvalue weighted by Gasteiger charge is 2.21. The lowest BCUT2D eigenvalue weighted by molar-refractivity contribution is 0.0694. The molecule has 1 aliphatic rings. The summed E-state index contributed by atoms with van der Waals surface area (Å²) in [7, 11) is 0. The Kier molecular flexibility index (Phi) is 5.54. The Morgan fingerprint density at radius 3 is 2.33 bits per heavy atom. The van der Waals surface area contributed by atoms with Gasteiger partial charge in [0.25, 0.3) is 11.8 Å². The third-order valence-electron chi connectivity index (χ3n) is 4.64. The van der Waals surface area contributed by atoms with E-state index in [4.69, 9.17) is 0 Å². The van der Waals surface area contributed by atoms with E-state index in [0.29, 0.717) is 16.8 Å². The van der Waals surface area contributed by atoms with Crippen LogP contribution in [-0.2, 0) is 0 Å². The summed E-state index contributed by atoms with van der Waals surface area (Å²) in [6.07, 6.45) is 3.10. The fraction of sp³-hybridized carbons (Fsp3) is 0.286. The SMILES string of the molecule is Cc1cc(C(=O)O)cc(C(=O)Nc2ccccc2C(=O)N2CCCCC2)c1. The Balaban J connectivity index is 1.85. The molecule has 0 saturated carbocycles. The van der Waals surface area contributed by atoms with E-state index in [2.05, 4.69) is 5.32 Å². The molecule has 2 amide bonds. The lowest BCUT2D eigenvalue weighted by Crippen LogP contribution is -2.36. The van der Waals surface area contributed by atoms with Gasteiger partial charge in [-0.3, -0.25) is 9.59 Å². The zero-order chi connectivity index (χ0) is 19.4. The second-order valence-corrected chi connectivity index (χ2v) is 6.75. The van der Waals surface area contributed by atoms with Gasteiger partial charge in [-0.1, -0.05) is 12.1 Å². The maximum atomic E-state index is 12.8. The molecule has 0 bridgehead atoms. The Hall–Kier alpha value is -3.15.